The highest BCUT2D eigenvalue weighted by Crippen LogP contribution is 2.31. The van der Waals surface area contributed by atoms with E-state index in [4.69, 9.17) is 4.42 Å². The summed E-state index contributed by atoms with van der Waals surface area (Å²) in [5.41, 5.74) is 5.84. The molecule has 1 aromatic heterocycles. The van der Waals surface area contributed by atoms with Crippen molar-refractivity contribution in [3.8, 4) is 0 Å². The standard InChI is InChI=1S/C16H21N5O3S/c22-14(20-6-2-1-3-7-20)10-25-16-18-17-15(23)12-9-11(19-21(12)16)13-5-4-8-24-13/h4-5,8,11-12,19H,1-3,6-7,9-10H2,(H,17,23). The van der Waals surface area contributed by atoms with Gasteiger partial charge in [0.25, 0.3) is 5.91 Å². The van der Waals surface area contributed by atoms with Gasteiger partial charge in [-0.25, -0.2) is 10.9 Å². The third-order valence-electron chi connectivity index (χ3n) is 4.76. The fourth-order valence-corrected chi connectivity index (χ4v) is 4.28. The van der Waals surface area contributed by atoms with Crippen molar-refractivity contribution in [2.45, 2.75) is 37.8 Å². The Morgan fingerprint density at radius 3 is 2.96 bits per heavy atom. The molecular formula is C16H21N5O3S. The number of amides is 2. The summed E-state index contributed by atoms with van der Waals surface area (Å²) in [7, 11) is 0. The van der Waals surface area contributed by atoms with Gasteiger partial charge in [0.2, 0.25) is 5.91 Å². The molecular weight excluding hydrogens is 342 g/mol. The summed E-state index contributed by atoms with van der Waals surface area (Å²) < 4.78 is 5.44. The molecule has 25 heavy (non-hydrogen) atoms. The van der Waals surface area contributed by atoms with Crippen LogP contribution in [0, 0.1) is 0 Å². The lowest BCUT2D eigenvalue weighted by molar-refractivity contribution is -0.129. The Bertz CT molecular complexity index is 671. The van der Waals surface area contributed by atoms with Gasteiger partial charge in [0.15, 0.2) is 5.17 Å². The molecule has 2 N–H and O–H groups in total. The van der Waals surface area contributed by atoms with Gasteiger partial charge in [0.05, 0.1) is 18.1 Å². The quantitative estimate of drug-likeness (QED) is 0.834. The first kappa shape index (κ1) is 16.5. The number of likely N-dealkylation sites (tertiary alicyclic amines) is 1. The molecule has 0 spiro atoms. The smallest absolute Gasteiger partial charge is 0.264 e. The molecule has 4 heterocycles. The van der Waals surface area contributed by atoms with E-state index in [1.807, 2.05) is 17.0 Å². The molecule has 2 saturated heterocycles. The predicted octanol–water partition coefficient (Wildman–Crippen LogP) is 1.05. The minimum Gasteiger partial charge on any atom is -0.468 e. The van der Waals surface area contributed by atoms with Gasteiger partial charge in [-0.1, -0.05) is 11.8 Å². The Hall–Kier alpha value is -2.00. The first-order valence-electron chi connectivity index (χ1n) is 8.59. The van der Waals surface area contributed by atoms with Crippen LogP contribution in [0.15, 0.2) is 27.9 Å². The number of nitrogens with one attached hydrogen (secondary N) is 2. The van der Waals surface area contributed by atoms with Crippen LogP contribution in [0.4, 0.5) is 0 Å². The lowest BCUT2D eigenvalue weighted by Gasteiger charge is -2.30. The molecule has 2 amide bonds. The van der Waals surface area contributed by atoms with E-state index in [0.717, 1.165) is 31.7 Å². The zero-order valence-electron chi connectivity index (χ0n) is 13.8. The van der Waals surface area contributed by atoms with Gasteiger partial charge in [-0.2, -0.15) is 0 Å². The maximum atomic E-state index is 12.4. The van der Waals surface area contributed by atoms with Gasteiger partial charge in [0.1, 0.15) is 11.8 Å². The Morgan fingerprint density at radius 2 is 2.20 bits per heavy atom. The number of hydrogen-bond donors (Lipinski definition) is 2. The Labute approximate surface area is 149 Å². The third kappa shape index (κ3) is 3.38. The van der Waals surface area contributed by atoms with Crippen molar-refractivity contribution in [2.24, 2.45) is 5.10 Å². The molecule has 0 bridgehead atoms. The van der Waals surface area contributed by atoms with E-state index in [0.29, 0.717) is 17.3 Å². The molecule has 134 valence electrons. The number of hydrazone groups is 1. The lowest BCUT2D eigenvalue weighted by atomic mass is 10.1. The summed E-state index contributed by atoms with van der Waals surface area (Å²) in [6, 6.07) is 3.29. The number of hydrazine groups is 1. The van der Waals surface area contributed by atoms with Gasteiger partial charge in [0, 0.05) is 19.5 Å². The van der Waals surface area contributed by atoms with Crippen LogP contribution in [-0.2, 0) is 9.59 Å². The molecule has 1 aromatic rings. The zero-order valence-corrected chi connectivity index (χ0v) is 14.6. The van der Waals surface area contributed by atoms with Gasteiger partial charge >= 0.3 is 0 Å². The second-order valence-electron chi connectivity index (χ2n) is 6.42. The number of fused-ring (bicyclic) bond motifs is 1. The first-order chi connectivity index (χ1) is 12.2. The van der Waals surface area contributed by atoms with Crippen LogP contribution in [-0.4, -0.2) is 51.8 Å². The maximum absolute atomic E-state index is 12.4. The van der Waals surface area contributed by atoms with Crippen LogP contribution < -0.4 is 10.9 Å². The van der Waals surface area contributed by atoms with E-state index in [9.17, 15) is 9.59 Å². The van der Waals surface area contributed by atoms with Crippen LogP contribution in [0.3, 0.4) is 0 Å². The number of thioether (sulfide) groups is 1. The fraction of sp³-hybridized carbons (Fsp3) is 0.562. The highest BCUT2D eigenvalue weighted by molar-refractivity contribution is 8.14. The van der Waals surface area contributed by atoms with E-state index in [1.54, 1.807) is 11.3 Å². The highest BCUT2D eigenvalue weighted by Gasteiger charge is 2.42. The Kier molecular flexibility index (Phi) is 4.67. The number of carbonyl (C=O) groups is 2. The Balaban J connectivity index is 1.39. The van der Waals surface area contributed by atoms with Crippen molar-refractivity contribution in [3.05, 3.63) is 24.2 Å². The topological polar surface area (TPSA) is 90.2 Å². The SMILES string of the molecule is O=C1NN=C(SCC(=O)N2CCCCC2)N2NC(c3ccco3)CC12. The molecule has 2 atom stereocenters. The summed E-state index contributed by atoms with van der Waals surface area (Å²) in [5, 5.41) is 6.51. The van der Waals surface area contributed by atoms with Crippen molar-refractivity contribution >= 4 is 28.7 Å². The number of hydrogen-bond acceptors (Lipinski definition) is 7. The van der Waals surface area contributed by atoms with Crippen molar-refractivity contribution in [2.75, 3.05) is 18.8 Å². The summed E-state index contributed by atoms with van der Waals surface area (Å²) >= 11 is 1.35. The molecule has 2 fully saturated rings. The monoisotopic (exact) mass is 363 g/mol. The van der Waals surface area contributed by atoms with E-state index < -0.39 is 0 Å². The average Bonchev–Trinajstić information content (AvgIpc) is 3.31. The number of rotatable bonds is 3. The molecule has 0 saturated carbocycles. The van der Waals surface area contributed by atoms with Crippen molar-refractivity contribution in [1.82, 2.24) is 20.8 Å². The first-order valence-corrected chi connectivity index (χ1v) is 9.58. The van der Waals surface area contributed by atoms with Crippen LogP contribution in [0.2, 0.25) is 0 Å². The van der Waals surface area contributed by atoms with Gasteiger partial charge in [-0.05, 0) is 31.4 Å². The second-order valence-corrected chi connectivity index (χ2v) is 7.36. The number of carbonyl (C=O) groups excluding carboxylic acids is 2. The largest absolute Gasteiger partial charge is 0.468 e. The number of amidine groups is 1. The fourth-order valence-electron chi connectivity index (χ4n) is 3.42. The van der Waals surface area contributed by atoms with Gasteiger partial charge in [-0.3, -0.25) is 14.6 Å². The van der Waals surface area contributed by atoms with Gasteiger partial charge in [-0.15, -0.1) is 5.10 Å². The summed E-state index contributed by atoms with van der Waals surface area (Å²) in [5.74, 6) is 1.09. The average molecular weight is 363 g/mol. The Morgan fingerprint density at radius 1 is 1.36 bits per heavy atom. The summed E-state index contributed by atoms with van der Waals surface area (Å²) in [4.78, 5) is 26.4. The van der Waals surface area contributed by atoms with Crippen molar-refractivity contribution in [1.29, 1.82) is 0 Å². The van der Waals surface area contributed by atoms with Gasteiger partial charge < -0.3 is 9.32 Å². The predicted molar refractivity (Wildman–Crippen MR) is 93.3 cm³/mol. The van der Waals surface area contributed by atoms with E-state index in [2.05, 4.69) is 16.0 Å². The molecule has 0 radical (unpaired) electrons. The summed E-state index contributed by atoms with van der Waals surface area (Å²) in [6.45, 7) is 1.68. The van der Waals surface area contributed by atoms with E-state index in [-0.39, 0.29) is 23.9 Å². The molecule has 2 unspecified atom stereocenters. The second kappa shape index (κ2) is 7.09. The number of piperidine rings is 1. The molecule has 3 aliphatic rings. The van der Waals surface area contributed by atoms with Crippen LogP contribution in [0.1, 0.15) is 37.5 Å². The normalized spacial score (nSPS) is 26.2. The van der Waals surface area contributed by atoms with E-state index >= 15 is 0 Å². The molecule has 9 heteroatoms. The number of nitrogens with zero attached hydrogens (tertiary/aromatic N) is 3. The van der Waals surface area contributed by atoms with Crippen LogP contribution in [0.5, 0.6) is 0 Å². The molecule has 3 aliphatic heterocycles. The third-order valence-corrected chi connectivity index (χ3v) is 5.69. The molecule has 0 aromatic carbocycles. The van der Waals surface area contributed by atoms with Crippen molar-refractivity contribution in [3.63, 3.8) is 0 Å². The van der Waals surface area contributed by atoms with Crippen LogP contribution >= 0.6 is 11.8 Å². The van der Waals surface area contributed by atoms with E-state index in [1.165, 1.54) is 18.2 Å². The molecule has 4 rings (SSSR count). The minimum atomic E-state index is -0.347. The lowest BCUT2D eigenvalue weighted by Crippen LogP contribution is -2.52. The summed E-state index contributed by atoms with van der Waals surface area (Å²) in [6.07, 6.45) is 5.57. The van der Waals surface area contributed by atoms with Crippen LogP contribution in [0.25, 0.3) is 0 Å². The number of furan rings is 1. The highest BCUT2D eigenvalue weighted by atomic mass is 32.2. The molecule has 0 aliphatic carbocycles. The van der Waals surface area contributed by atoms with Crippen molar-refractivity contribution < 1.29 is 14.0 Å². The minimum absolute atomic E-state index is 0.0764. The molecule has 8 nitrogen and oxygen atoms in total. The zero-order chi connectivity index (χ0) is 17.2. The maximum Gasteiger partial charge on any atom is 0.264 e.